The van der Waals surface area contributed by atoms with E-state index in [1.54, 1.807) is 31.2 Å². The molecule has 0 aliphatic rings. The van der Waals surface area contributed by atoms with Crippen molar-refractivity contribution in [1.82, 2.24) is 10.4 Å². The summed E-state index contributed by atoms with van der Waals surface area (Å²) in [5, 5.41) is 5.74. The Morgan fingerprint density at radius 3 is 2.56 bits per heavy atom. The molecule has 0 fully saturated rings. The first-order chi connectivity index (χ1) is 12.9. The number of nitrogens with zero attached hydrogens (tertiary/aromatic N) is 2. The van der Waals surface area contributed by atoms with Crippen LogP contribution in [0.2, 0.25) is 5.02 Å². The zero-order chi connectivity index (χ0) is 19.8. The van der Waals surface area contributed by atoms with Crippen molar-refractivity contribution in [1.29, 1.82) is 0 Å². The molecular weight excluding hydrogens is 392 g/mol. The lowest BCUT2D eigenvalue weighted by molar-refractivity contribution is -0.121. The van der Waals surface area contributed by atoms with Crippen LogP contribution in [0.3, 0.4) is 0 Å². The minimum absolute atomic E-state index is 0.0610. The summed E-state index contributed by atoms with van der Waals surface area (Å²) >= 11 is 6.87. The third-order valence-electron chi connectivity index (χ3n) is 3.18. The highest BCUT2D eigenvalue weighted by atomic mass is 35.5. The number of carbonyl (C=O) groups is 3. The summed E-state index contributed by atoms with van der Waals surface area (Å²) in [5.41, 5.74) is 3.05. The Kier molecular flexibility index (Phi) is 7.56. The van der Waals surface area contributed by atoms with E-state index in [4.69, 9.17) is 16.3 Å². The molecule has 0 aliphatic carbocycles. The van der Waals surface area contributed by atoms with Crippen LogP contribution in [0, 0.1) is 0 Å². The van der Waals surface area contributed by atoms with Gasteiger partial charge in [0.15, 0.2) is 5.69 Å². The molecule has 1 aromatic heterocycles. The minimum atomic E-state index is -0.633. The van der Waals surface area contributed by atoms with E-state index >= 15 is 0 Å². The van der Waals surface area contributed by atoms with Gasteiger partial charge in [0.2, 0.25) is 11.0 Å². The third-order valence-corrected chi connectivity index (χ3v) is 4.26. The third kappa shape index (κ3) is 5.93. The minimum Gasteiger partial charge on any atom is -0.461 e. The number of amides is 3. The molecule has 1 heterocycles. The van der Waals surface area contributed by atoms with E-state index in [2.05, 4.69) is 15.7 Å². The van der Waals surface area contributed by atoms with Gasteiger partial charge in [-0.15, -0.1) is 11.3 Å². The smallest absolute Gasteiger partial charge is 0.357 e. The number of esters is 1. The largest absolute Gasteiger partial charge is 0.461 e. The molecule has 0 unspecified atom stereocenters. The van der Waals surface area contributed by atoms with Crippen LogP contribution in [-0.2, 0) is 9.53 Å². The molecule has 2 rings (SSSR count). The van der Waals surface area contributed by atoms with Crippen LogP contribution < -0.4 is 15.8 Å². The molecule has 0 bridgehead atoms. The number of hydrazine groups is 1. The normalized spacial score (nSPS) is 10.2. The van der Waals surface area contributed by atoms with Crippen LogP contribution in [0.5, 0.6) is 0 Å². The second-order valence-corrected chi connectivity index (χ2v) is 6.57. The van der Waals surface area contributed by atoms with Gasteiger partial charge >= 0.3 is 12.0 Å². The summed E-state index contributed by atoms with van der Waals surface area (Å²) in [6.07, 6.45) is 0.852. The number of halogens is 1. The highest BCUT2D eigenvalue weighted by Crippen LogP contribution is 2.21. The van der Waals surface area contributed by atoms with Gasteiger partial charge in [-0.25, -0.2) is 14.6 Å². The van der Waals surface area contributed by atoms with Gasteiger partial charge in [-0.1, -0.05) is 18.5 Å². The number of rotatable bonds is 6. The summed E-state index contributed by atoms with van der Waals surface area (Å²) < 4.78 is 4.89. The SMILES string of the molecule is CCCC(=O)NN(C(=O)Nc1ccc(Cl)cc1)c1nc(C(=O)OCC)cs1. The van der Waals surface area contributed by atoms with Crippen LogP contribution in [0.15, 0.2) is 29.6 Å². The van der Waals surface area contributed by atoms with E-state index in [-0.39, 0.29) is 29.8 Å². The summed E-state index contributed by atoms with van der Waals surface area (Å²) in [6.45, 7) is 3.74. The van der Waals surface area contributed by atoms with E-state index in [1.807, 2.05) is 6.92 Å². The Balaban J connectivity index is 2.22. The first-order valence-corrected chi connectivity index (χ1v) is 9.49. The topological polar surface area (TPSA) is 101 Å². The maximum absolute atomic E-state index is 12.7. The zero-order valence-corrected chi connectivity index (χ0v) is 16.4. The molecule has 0 atom stereocenters. The van der Waals surface area contributed by atoms with Crippen molar-refractivity contribution in [3.05, 3.63) is 40.4 Å². The highest BCUT2D eigenvalue weighted by molar-refractivity contribution is 7.14. The van der Waals surface area contributed by atoms with Gasteiger partial charge < -0.3 is 10.1 Å². The average Bonchev–Trinajstić information content (AvgIpc) is 3.12. The van der Waals surface area contributed by atoms with Crippen molar-refractivity contribution in [2.24, 2.45) is 0 Å². The van der Waals surface area contributed by atoms with E-state index in [9.17, 15) is 14.4 Å². The number of nitrogens with one attached hydrogen (secondary N) is 2. The Morgan fingerprint density at radius 2 is 1.93 bits per heavy atom. The zero-order valence-electron chi connectivity index (χ0n) is 14.8. The van der Waals surface area contributed by atoms with Gasteiger partial charge in [0.05, 0.1) is 6.61 Å². The van der Waals surface area contributed by atoms with Crippen LogP contribution in [0.4, 0.5) is 15.6 Å². The number of anilines is 2. The van der Waals surface area contributed by atoms with Crippen molar-refractivity contribution in [3.8, 4) is 0 Å². The molecule has 10 heteroatoms. The molecule has 2 N–H and O–H groups in total. The van der Waals surface area contributed by atoms with Gasteiger partial charge in [0.1, 0.15) is 0 Å². The lowest BCUT2D eigenvalue weighted by Gasteiger charge is -2.21. The number of carbonyl (C=O) groups excluding carboxylic acids is 3. The van der Waals surface area contributed by atoms with Crippen molar-refractivity contribution in [2.45, 2.75) is 26.7 Å². The lowest BCUT2D eigenvalue weighted by Crippen LogP contribution is -2.48. The molecule has 0 spiro atoms. The van der Waals surface area contributed by atoms with Crippen molar-refractivity contribution in [3.63, 3.8) is 0 Å². The van der Waals surface area contributed by atoms with E-state index in [1.165, 1.54) is 5.38 Å². The fraction of sp³-hybridized carbons (Fsp3) is 0.294. The number of urea groups is 1. The average molecular weight is 411 g/mol. The fourth-order valence-corrected chi connectivity index (χ4v) is 2.85. The second-order valence-electron chi connectivity index (χ2n) is 5.29. The lowest BCUT2D eigenvalue weighted by atomic mass is 10.3. The fourth-order valence-electron chi connectivity index (χ4n) is 1.97. The molecule has 0 saturated carbocycles. The first kappa shape index (κ1) is 20.7. The first-order valence-electron chi connectivity index (χ1n) is 8.23. The van der Waals surface area contributed by atoms with Gasteiger partial charge in [-0.3, -0.25) is 10.2 Å². The Hall–Kier alpha value is -2.65. The Bertz CT molecular complexity index is 810. The number of benzene rings is 1. The summed E-state index contributed by atoms with van der Waals surface area (Å²) in [4.78, 5) is 40.6. The van der Waals surface area contributed by atoms with Crippen LogP contribution in [0.25, 0.3) is 0 Å². The number of aromatic nitrogens is 1. The summed E-state index contributed by atoms with van der Waals surface area (Å²) in [5.74, 6) is -0.949. The second kappa shape index (κ2) is 9.89. The van der Waals surface area contributed by atoms with E-state index < -0.39 is 12.0 Å². The Morgan fingerprint density at radius 1 is 1.22 bits per heavy atom. The van der Waals surface area contributed by atoms with Gasteiger partial charge in [-0.2, -0.15) is 5.01 Å². The van der Waals surface area contributed by atoms with Crippen molar-refractivity contribution >= 4 is 51.7 Å². The van der Waals surface area contributed by atoms with E-state index in [0.717, 1.165) is 16.3 Å². The molecule has 0 radical (unpaired) electrons. The highest BCUT2D eigenvalue weighted by Gasteiger charge is 2.23. The number of thiazole rings is 1. The standard InChI is InChI=1S/C17H19ClN4O4S/c1-3-5-14(23)21-22(16(25)19-12-8-6-11(18)7-9-12)17-20-13(10-27-17)15(24)26-4-2/h6-10H,3-5H2,1-2H3,(H,19,25)(H,21,23). The molecule has 27 heavy (non-hydrogen) atoms. The van der Waals surface area contributed by atoms with E-state index in [0.29, 0.717) is 17.1 Å². The molecule has 8 nitrogen and oxygen atoms in total. The van der Waals surface area contributed by atoms with Crippen molar-refractivity contribution < 1.29 is 19.1 Å². The van der Waals surface area contributed by atoms with Crippen LogP contribution in [0.1, 0.15) is 37.2 Å². The predicted molar refractivity (Wildman–Crippen MR) is 104 cm³/mol. The molecule has 2 aromatic rings. The van der Waals surface area contributed by atoms with Crippen LogP contribution >= 0.6 is 22.9 Å². The molecular formula is C17H19ClN4O4S. The maximum atomic E-state index is 12.7. The molecule has 0 aliphatic heterocycles. The predicted octanol–water partition coefficient (Wildman–Crippen LogP) is 3.84. The molecule has 1 aromatic carbocycles. The van der Waals surface area contributed by atoms with Crippen molar-refractivity contribution in [2.75, 3.05) is 16.9 Å². The molecule has 0 saturated heterocycles. The molecule has 144 valence electrons. The quantitative estimate of drug-likeness (QED) is 0.556. The van der Waals surface area contributed by atoms with Gasteiger partial charge in [0, 0.05) is 22.5 Å². The monoisotopic (exact) mass is 410 g/mol. The number of hydrogen-bond acceptors (Lipinski definition) is 6. The summed E-state index contributed by atoms with van der Waals surface area (Å²) in [7, 11) is 0. The summed E-state index contributed by atoms with van der Waals surface area (Å²) in [6, 6.07) is 5.86. The number of ether oxygens (including phenoxy) is 1. The molecule has 3 amide bonds. The van der Waals surface area contributed by atoms with Gasteiger partial charge in [0.25, 0.3) is 0 Å². The van der Waals surface area contributed by atoms with Gasteiger partial charge in [-0.05, 0) is 37.6 Å². The maximum Gasteiger partial charge on any atom is 0.357 e. The Labute approximate surface area is 165 Å². The van der Waals surface area contributed by atoms with Crippen LogP contribution in [-0.4, -0.2) is 29.5 Å². The number of hydrogen-bond donors (Lipinski definition) is 2.